The van der Waals surface area contributed by atoms with Gasteiger partial charge >= 0.3 is 0 Å². The van der Waals surface area contributed by atoms with Crippen LogP contribution in [-0.2, 0) is 16.6 Å². The molecule has 26 heavy (non-hydrogen) atoms. The van der Waals surface area contributed by atoms with Gasteiger partial charge in [-0.2, -0.15) is 5.10 Å². The van der Waals surface area contributed by atoms with E-state index in [1.54, 1.807) is 4.68 Å². The van der Waals surface area contributed by atoms with Crippen molar-refractivity contribution in [2.45, 2.75) is 20.8 Å². The Morgan fingerprint density at radius 2 is 1.77 bits per heavy atom. The van der Waals surface area contributed by atoms with Crippen molar-refractivity contribution in [2.75, 3.05) is 30.8 Å². The largest absolute Gasteiger partial charge is 0.322 e. The summed E-state index contributed by atoms with van der Waals surface area (Å²) in [6.07, 6.45) is 0. The zero-order valence-electron chi connectivity index (χ0n) is 15.7. The molecule has 1 unspecified atom stereocenters. The van der Waals surface area contributed by atoms with Crippen molar-refractivity contribution in [3.8, 4) is 0 Å². The number of amides is 2. The van der Waals surface area contributed by atoms with Gasteiger partial charge in [-0.25, -0.2) is 0 Å². The maximum Gasteiger partial charge on any atom is 0.279 e. The van der Waals surface area contributed by atoms with Crippen LogP contribution in [0, 0.1) is 20.8 Å². The van der Waals surface area contributed by atoms with Gasteiger partial charge in [-0.1, -0.05) is 15.9 Å². The molecule has 0 bridgehead atoms. The summed E-state index contributed by atoms with van der Waals surface area (Å²) in [5.41, 5.74) is 4.17. The van der Waals surface area contributed by atoms with Crippen molar-refractivity contribution in [3.05, 3.63) is 39.6 Å². The van der Waals surface area contributed by atoms with Crippen LogP contribution in [0.5, 0.6) is 0 Å². The lowest BCUT2D eigenvalue weighted by atomic mass is 10.2. The van der Waals surface area contributed by atoms with Gasteiger partial charge in [0.2, 0.25) is 0 Å². The number of hydrogen-bond acceptors (Lipinski definition) is 3. The first-order valence-corrected chi connectivity index (χ1v) is 9.14. The fraction of sp³-hybridized carbons (Fsp3) is 0.389. The number of carbonyl (C=O) groups is 2. The number of halogens is 1. The van der Waals surface area contributed by atoms with Gasteiger partial charge in [-0.15, -0.1) is 0 Å². The van der Waals surface area contributed by atoms with Crippen LogP contribution in [0.2, 0.25) is 0 Å². The molecular formula is C18H25BrN5O2+. The Morgan fingerprint density at radius 1 is 1.15 bits per heavy atom. The van der Waals surface area contributed by atoms with Crippen LogP contribution in [0.25, 0.3) is 0 Å². The molecule has 7 nitrogen and oxygen atoms in total. The van der Waals surface area contributed by atoms with Crippen LogP contribution in [0.15, 0.2) is 22.7 Å². The minimum Gasteiger partial charge on any atom is -0.322 e. The minimum absolute atomic E-state index is 0.130. The number of nitrogens with one attached hydrogen (secondary N) is 3. The van der Waals surface area contributed by atoms with Gasteiger partial charge in [0.15, 0.2) is 13.1 Å². The van der Waals surface area contributed by atoms with Crippen molar-refractivity contribution in [2.24, 2.45) is 7.05 Å². The van der Waals surface area contributed by atoms with E-state index < -0.39 is 0 Å². The molecule has 2 rings (SSSR count). The van der Waals surface area contributed by atoms with E-state index in [4.69, 9.17) is 0 Å². The molecule has 2 amide bonds. The molecule has 0 spiro atoms. The second-order valence-corrected chi connectivity index (χ2v) is 7.45. The molecule has 1 aromatic heterocycles. The molecule has 1 atom stereocenters. The lowest BCUT2D eigenvalue weighted by molar-refractivity contribution is -0.862. The van der Waals surface area contributed by atoms with E-state index in [-0.39, 0.29) is 24.9 Å². The topological polar surface area (TPSA) is 80.5 Å². The first-order valence-electron chi connectivity index (χ1n) is 8.34. The molecule has 1 heterocycles. The maximum atomic E-state index is 12.3. The molecule has 8 heteroatoms. The number of anilines is 2. The van der Waals surface area contributed by atoms with Crippen LogP contribution in [0.4, 0.5) is 11.4 Å². The van der Waals surface area contributed by atoms with E-state index in [0.717, 1.165) is 37.7 Å². The summed E-state index contributed by atoms with van der Waals surface area (Å²) in [7, 11) is 3.65. The summed E-state index contributed by atoms with van der Waals surface area (Å²) in [6.45, 7) is 6.09. The highest BCUT2D eigenvalue weighted by Gasteiger charge is 2.18. The van der Waals surface area contributed by atoms with E-state index in [9.17, 15) is 9.59 Å². The van der Waals surface area contributed by atoms with E-state index in [0.29, 0.717) is 0 Å². The third kappa shape index (κ3) is 5.15. The molecule has 1 aromatic carbocycles. The van der Waals surface area contributed by atoms with E-state index in [1.807, 2.05) is 53.1 Å². The molecule has 0 aliphatic carbocycles. The van der Waals surface area contributed by atoms with Gasteiger partial charge in [0.25, 0.3) is 11.8 Å². The number of aromatic nitrogens is 2. The molecule has 140 valence electrons. The molecule has 0 fully saturated rings. The number of nitrogens with zero attached hydrogens (tertiary/aromatic N) is 2. The number of benzene rings is 1. The minimum atomic E-state index is -0.144. The number of aryl methyl sites for hydroxylation is 3. The van der Waals surface area contributed by atoms with Crippen LogP contribution in [0.1, 0.15) is 17.0 Å². The normalized spacial score (nSPS) is 11.9. The molecule has 0 aliphatic rings. The van der Waals surface area contributed by atoms with Crippen LogP contribution in [-0.4, -0.2) is 41.7 Å². The number of quaternary nitrogens is 1. The van der Waals surface area contributed by atoms with Crippen LogP contribution >= 0.6 is 15.9 Å². The fourth-order valence-electron chi connectivity index (χ4n) is 2.71. The van der Waals surface area contributed by atoms with Crippen molar-refractivity contribution in [1.82, 2.24) is 9.78 Å². The highest BCUT2D eigenvalue weighted by molar-refractivity contribution is 9.10. The Hall–Kier alpha value is -2.19. The predicted molar refractivity (Wildman–Crippen MR) is 105 cm³/mol. The average Bonchev–Trinajstić information content (AvgIpc) is 2.76. The molecule has 2 aromatic rings. The first-order chi connectivity index (χ1) is 12.2. The highest BCUT2D eigenvalue weighted by atomic mass is 79.9. The average molecular weight is 423 g/mol. The Bertz CT molecular complexity index is 831. The van der Waals surface area contributed by atoms with Gasteiger partial charge in [0.1, 0.15) is 0 Å². The number of likely N-dealkylation sites (N-methyl/N-ethyl adjacent to an activating group) is 1. The van der Waals surface area contributed by atoms with Crippen LogP contribution in [0.3, 0.4) is 0 Å². The van der Waals surface area contributed by atoms with E-state index >= 15 is 0 Å². The maximum absolute atomic E-state index is 12.3. The summed E-state index contributed by atoms with van der Waals surface area (Å²) >= 11 is 3.40. The predicted octanol–water partition coefficient (Wildman–Crippen LogP) is 1.20. The SMILES string of the molecule is Cc1cc(Br)ccc1NC(=O)C[NH+](C)CC(=O)Nc1c(C)nn(C)c1C. The number of rotatable bonds is 6. The molecule has 0 aliphatic heterocycles. The highest BCUT2D eigenvalue weighted by Crippen LogP contribution is 2.20. The smallest absolute Gasteiger partial charge is 0.279 e. The third-order valence-electron chi connectivity index (χ3n) is 4.16. The molecule has 0 saturated heterocycles. The molecule has 0 saturated carbocycles. The standard InChI is InChI=1S/C18H24BrN5O2/c1-11-8-14(19)6-7-15(11)20-16(25)9-23(4)10-17(26)21-18-12(2)22-24(5)13(18)3/h6-8H,9-10H2,1-5H3,(H,20,25)(H,21,26)/p+1. The van der Waals surface area contributed by atoms with Crippen molar-refractivity contribution < 1.29 is 14.5 Å². The second-order valence-electron chi connectivity index (χ2n) is 6.54. The van der Waals surface area contributed by atoms with Crippen molar-refractivity contribution >= 4 is 39.1 Å². The number of carbonyl (C=O) groups excluding carboxylic acids is 2. The molecule has 0 radical (unpaired) electrons. The van der Waals surface area contributed by atoms with Gasteiger partial charge in [-0.05, 0) is 44.5 Å². The molecular weight excluding hydrogens is 398 g/mol. The van der Waals surface area contributed by atoms with Gasteiger partial charge in [-0.3, -0.25) is 14.3 Å². The summed E-state index contributed by atoms with van der Waals surface area (Å²) in [6, 6.07) is 5.68. The Labute approximate surface area is 161 Å². The number of hydrogen-bond donors (Lipinski definition) is 3. The summed E-state index contributed by atoms with van der Waals surface area (Å²) in [5.74, 6) is -0.274. The first kappa shape index (κ1) is 20.1. The fourth-order valence-corrected chi connectivity index (χ4v) is 3.19. The Balaban J connectivity index is 1.88. The van der Waals surface area contributed by atoms with Crippen molar-refractivity contribution in [1.29, 1.82) is 0 Å². The third-order valence-corrected chi connectivity index (χ3v) is 4.65. The summed E-state index contributed by atoms with van der Waals surface area (Å²) in [4.78, 5) is 25.3. The Morgan fingerprint density at radius 3 is 2.31 bits per heavy atom. The van der Waals surface area contributed by atoms with Gasteiger partial charge < -0.3 is 15.5 Å². The second kappa shape index (κ2) is 8.46. The summed E-state index contributed by atoms with van der Waals surface area (Å²) < 4.78 is 2.70. The van der Waals surface area contributed by atoms with Gasteiger partial charge in [0.05, 0.1) is 24.1 Å². The zero-order valence-corrected chi connectivity index (χ0v) is 17.3. The van der Waals surface area contributed by atoms with E-state index in [2.05, 4.69) is 31.7 Å². The monoisotopic (exact) mass is 422 g/mol. The van der Waals surface area contributed by atoms with Crippen molar-refractivity contribution in [3.63, 3.8) is 0 Å². The van der Waals surface area contributed by atoms with Crippen LogP contribution < -0.4 is 15.5 Å². The lowest BCUT2D eigenvalue weighted by Gasteiger charge is -2.14. The van der Waals surface area contributed by atoms with E-state index in [1.165, 1.54) is 0 Å². The zero-order chi connectivity index (χ0) is 19.4. The molecule has 3 N–H and O–H groups in total. The quantitative estimate of drug-likeness (QED) is 0.654. The lowest BCUT2D eigenvalue weighted by Crippen LogP contribution is -3.11. The summed E-state index contributed by atoms with van der Waals surface area (Å²) in [5, 5.41) is 10.1. The van der Waals surface area contributed by atoms with Gasteiger partial charge in [0, 0.05) is 17.2 Å². The Kier molecular flexibility index (Phi) is 6.55.